The van der Waals surface area contributed by atoms with E-state index in [-0.39, 0.29) is 37.2 Å². The van der Waals surface area contributed by atoms with Crippen LogP contribution in [0.3, 0.4) is 0 Å². The van der Waals surface area contributed by atoms with E-state index in [4.69, 9.17) is 9.47 Å². The highest BCUT2D eigenvalue weighted by molar-refractivity contribution is 5.82. The number of ketones is 1. The van der Waals surface area contributed by atoms with Crippen molar-refractivity contribution in [1.82, 2.24) is 5.32 Å². The standard InChI is InChI=1S/C30H47NO5/c1-6-7-8-9-10-11-12-13-14-15-16-17-18-19-20-21-22-27(33)36-25-30(3,4)28(35-5)29(34)31-24-23-26(2)32/h6-7,9-10,12-13,15-16,18-19,28H,8,11,14,17,20-25H2,1-5H3,(H,31,34)/b7-6-,10-9-,13-12-,16-15-,19-18-/t28-/m0/s1. The molecule has 0 heterocycles. The molecular formula is C30H47NO5. The second-order valence-corrected chi connectivity index (χ2v) is 9.30. The van der Waals surface area contributed by atoms with Gasteiger partial charge in [0.05, 0.1) is 6.61 Å². The van der Waals surface area contributed by atoms with Crippen LogP contribution >= 0.6 is 0 Å². The average molecular weight is 502 g/mol. The van der Waals surface area contributed by atoms with Crippen molar-refractivity contribution in [3.05, 3.63) is 60.8 Å². The first-order valence-corrected chi connectivity index (χ1v) is 12.9. The Kier molecular flexibility index (Phi) is 19.9. The summed E-state index contributed by atoms with van der Waals surface area (Å²) in [6.07, 6.45) is 26.5. The third-order valence-electron chi connectivity index (χ3n) is 5.31. The number of amides is 1. The van der Waals surface area contributed by atoms with Gasteiger partial charge in [-0.25, -0.2) is 0 Å². The minimum absolute atomic E-state index is 0.00628. The summed E-state index contributed by atoms with van der Waals surface area (Å²) in [6.45, 7) is 7.47. The molecule has 0 radical (unpaired) electrons. The fraction of sp³-hybridized carbons (Fsp3) is 0.567. The van der Waals surface area contributed by atoms with Crippen LogP contribution in [0.4, 0.5) is 0 Å². The molecule has 6 nitrogen and oxygen atoms in total. The number of ether oxygens (including phenoxy) is 2. The molecular weight excluding hydrogens is 454 g/mol. The predicted octanol–water partition coefficient (Wildman–Crippen LogP) is 6.20. The molecule has 0 aromatic carbocycles. The van der Waals surface area contributed by atoms with Crippen LogP contribution in [0.5, 0.6) is 0 Å². The summed E-state index contributed by atoms with van der Waals surface area (Å²) >= 11 is 0. The molecule has 0 spiro atoms. The van der Waals surface area contributed by atoms with Crippen molar-refractivity contribution in [2.45, 2.75) is 85.2 Å². The van der Waals surface area contributed by atoms with E-state index in [1.54, 1.807) is 0 Å². The minimum atomic E-state index is -0.784. The Morgan fingerprint density at radius 2 is 1.36 bits per heavy atom. The maximum absolute atomic E-state index is 12.4. The van der Waals surface area contributed by atoms with Gasteiger partial charge in [-0.1, -0.05) is 74.6 Å². The number of nitrogens with one attached hydrogen (secondary N) is 1. The van der Waals surface area contributed by atoms with E-state index >= 15 is 0 Å². The molecule has 36 heavy (non-hydrogen) atoms. The molecule has 0 aliphatic heterocycles. The Balaban J connectivity index is 4.05. The molecule has 1 amide bonds. The van der Waals surface area contributed by atoms with Crippen LogP contribution in [0.15, 0.2) is 60.8 Å². The largest absolute Gasteiger partial charge is 0.465 e. The van der Waals surface area contributed by atoms with E-state index in [0.717, 1.165) is 32.1 Å². The molecule has 0 aromatic rings. The first kappa shape index (κ1) is 33.3. The lowest BCUT2D eigenvalue weighted by molar-refractivity contribution is -0.155. The van der Waals surface area contributed by atoms with E-state index in [1.165, 1.54) is 14.0 Å². The van der Waals surface area contributed by atoms with Gasteiger partial charge >= 0.3 is 5.97 Å². The normalized spacial score (nSPS) is 13.5. The summed E-state index contributed by atoms with van der Waals surface area (Å²) in [5, 5.41) is 2.70. The maximum atomic E-state index is 12.4. The number of esters is 1. The molecule has 1 N–H and O–H groups in total. The van der Waals surface area contributed by atoms with Gasteiger partial charge in [0.25, 0.3) is 0 Å². The molecule has 1 atom stereocenters. The Labute approximate surface area is 218 Å². The monoisotopic (exact) mass is 501 g/mol. The van der Waals surface area contributed by atoms with Crippen LogP contribution in [0.2, 0.25) is 0 Å². The number of methoxy groups -OCH3 is 1. The lowest BCUT2D eigenvalue weighted by atomic mass is 9.86. The number of carbonyl (C=O) groups is 3. The van der Waals surface area contributed by atoms with Crippen molar-refractivity contribution in [2.75, 3.05) is 20.3 Å². The fourth-order valence-corrected chi connectivity index (χ4v) is 3.26. The number of hydrogen-bond acceptors (Lipinski definition) is 5. The highest BCUT2D eigenvalue weighted by atomic mass is 16.5. The molecule has 0 saturated carbocycles. The topological polar surface area (TPSA) is 81.7 Å². The van der Waals surface area contributed by atoms with Crippen molar-refractivity contribution in [3.8, 4) is 0 Å². The molecule has 0 aliphatic carbocycles. The third-order valence-corrected chi connectivity index (χ3v) is 5.31. The number of hydrogen-bond donors (Lipinski definition) is 1. The summed E-state index contributed by atoms with van der Waals surface area (Å²) < 4.78 is 10.8. The zero-order valence-electron chi connectivity index (χ0n) is 23.0. The fourth-order valence-electron chi connectivity index (χ4n) is 3.26. The van der Waals surface area contributed by atoms with Gasteiger partial charge in [0, 0.05) is 31.9 Å². The van der Waals surface area contributed by atoms with Crippen LogP contribution in [0.25, 0.3) is 0 Å². The summed E-state index contributed by atoms with van der Waals surface area (Å²) in [4.78, 5) is 35.5. The summed E-state index contributed by atoms with van der Waals surface area (Å²) in [6, 6.07) is 0. The van der Waals surface area contributed by atoms with E-state index < -0.39 is 11.5 Å². The lowest BCUT2D eigenvalue weighted by Gasteiger charge is -2.31. The number of Topliss-reactive ketones (excluding diaryl/α,β-unsaturated/α-hetero) is 1. The van der Waals surface area contributed by atoms with Crippen molar-refractivity contribution in [2.24, 2.45) is 5.41 Å². The molecule has 0 aromatic heterocycles. The molecule has 0 aliphatic rings. The van der Waals surface area contributed by atoms with Gasteiger partial charge in [-0.3, -0.25) is 14.4 Å². The number of allylic oxidation sites excluding steroid dienone is 10. The number of unbranched alkanes of at least 4 members (excludes halogenated alkanes) is 1. The van der Waals surface area contributed by atoms with Gasteiger partial charge in [0.15, 0.2) is 0 Å². The van der Waals surface area contributed by atoms with E-state index in [1.807, 2.05) is 20.8 Å². The summed E-state index contributed by atoms with van der Waals surface area (Å²) in [5.74, 6) is -0.596. The van der Waals surface area contributed by atoms with Crippen molar-refractivity contribution < 1.29 is 23.9 Å². The SMILES string of the molecule is C/C=C\C/C=C\C/C=C\C/C=C\C/C=C\CCCC(=O)OCC(C)(C)[C@@H](OC)C(=O)NCCC(C)=O. The highest BCUT2D eigenvalue weighted by Crippen LogP contribution is 2.24. The number of rotatable bonds is 20. The van der Waals surface area contributed by atoms with Crippen molar-refractivity contribution in [1.29, 1.82) is 0 Å². The van der Waals surface area contributed by atoms with Gasteiger partial charge in [-0.05, 0) is 52.4 Å². The molecule has 202 valence electrons. The first-order chi connectivity index (χ1) is 17.2. The van der Waals surface area contributed by atoms with E-state index in [0.29, 0.717) is 12.8 Å². The minimum Gasteiger partial charge on any atom is -0.465 e. The van der Waals surface area contributed by atoms with E-state index in [2.05, 4.69) is 66.1 Å². The second-order valence-electron chi connectivity index (χ2n) is 9.30. The van der Waals surface area contributed by atoms with Crippen molar-refractivity contribution >= 4 is 17.7 Å². The molecule has 6 heteroatoms. The van der Waals surface area contributed by atoms with Crippen LogP contribution in [0, 0.1) is 5.41 Å². The van der Waals surface area contributed by atoms with Crippen LogP contribution in [-0.2, 0) is 23.9 Å². The molecule has 0 fully saturated rings. The van der Waals surface area contributed by atoms with Crippen molar-refractivity contribution in [3.63, 3.8) is 0 Å². The first-order valence-electron chi connectivity index (χ1n) is 12.9. The van der Waals surface area contributed by atoms with Crippen LogP contribution < -0.4 is 5.32 Å². The average Bonchev–Trinajstić information content (AvgIpc) is 2.82. The number of carbonyl (C=O) groups excluding carboxylic acids is 3. The van der Waals surface area contributed by atoms with E-state index in [9.17, 15) is 14.4 Å². The zero-order valence-corrected chi connectivity index (χ0v) is 23.0. The van der Waals surface area contributed by atoms with Crippen LogP contribution in [-0.4, -0.2) is 44.0 Å². The highest BCUT2D eigenvalue weighted by Gasteiger charge is 2.36. The van der Waals surface area contributed by atoms with Gasteiger partial charge in [-0.2, -0.15) is 0 Å². The second kappa shape index (κ2) is 21.5. The smallest absolute Gasteiger partial charge is 0.305 e. The third kappa shape index (κ3) is 18.6. The maximum Gasteiger partial charge on any atom is 0.305 e. The van der Waals surface area contributed by atoms with Gasteiger partial charge in [-0.15, -0.1) is 0 Å². The Bertz CT molecular complexity index is 774. The van der Waals surface area contributed by atoms with Gasteiger partial charge in [0.1, 0.15) is 11.9 Å². The quantitative estimate of drug-likeness (QED) is 0.122. The molecule has 0 bridgehead atoms. The Morgan fingerprint density at radius 1 is 0.833 bits per heavy atom. The molecule has 0 unspecified atom stereocenters. The van der Waals surface area contributed by atoms with Gasteiger partial charge in [0.2, 0.25) is 5.91 Å². The summed E-state index contributed by atoms with van der Waals surface area (Å²) in [7, 11) is 1.45. The lowest BCUT2D eigenvalue weighted by Crippen LogP contribution is -2.47. The Hall–Kier alpha value is -2.73. The Morgan fingerprint density at radius 3 is 1.86 bits per heavy atom. The van der Waals surface area contributed by atoms with Gasteiger partial charge < -0.3 is 14.8 Å². The zero-order chi connectivity index (χ0) is 27.1. The predicted molar refractivity (Wildman–Crippen MR) is 148 cm³/mol. The molecule has 0 saturated heterocycles. The molecule has 0 rings (SSSR count). The van der Waals surface area contributed by atoms with Crippen LogP contribution in [0.1, 0.15) is 79.1 Å². The summed E-state index contributed by atoms with van der Waals surface area (Å²) in [5.41, 5.74) is -0.699.